The molecule has 2 heterocycles. The Balaban J connectivity index is 1.48. The van der Waals surface area contributed by atoms with Crippen LogP contribution in [0.25, 0.3) is 5.57 Å². The fraction of sp³-hybridized carbons (Fsp3) is 0.500. The molecule has 2 atom stereocenters. The van der Waals surface area contributed by atoms with Crippen LogP contribution in [0, 0.1) is 11.8 Å². The lowest BCUT2D eigenvalue weighted by Crippen LogP contribution is -2.44. The summed E-state index contributed by atoms with van der Waals surface area (Å²) in [5.74, 6) is -1.48. The topological polar surface area (TPSA) is 93.7 Å². The van der Waals surface area contributed by atoms with Crippen LogP contribution in [0.3, 0.4) is 0 Å². The van der Waals surface area contributed by atoms with E-state index in [2.05, 4.69) is 17.2 Å². The Hall–Kier alpha value is -3.29. The number of ketones is 1. The molecule has 0 saturated carbocycles. The van der Waals surface area contributed by atoms with Gasteiger partial charge in [-0.25, -0.2) is 0 Å². The van der Waals surface area contributed by atoms with Gasteiger partial charge in [-0.3, -0.25) is 9.59 Å². The van der Waals surface area contributed by atoms with Gasteiger partial charge in [0.05, 0.1) is 11.8 Å². The van der Waals surface area contributed by atoms with Gasteiger partial charge >= 0.3 is 11.9 Å². The summed E-state index contributed by atoms with van der Waals surface area (Å²) in [4.78, 5) is 38.0. The monoisotopic (exact) mass is 560 g/mol. The summed E-state index contributed by atoms with van der Waals surface area (Å²) >= 11 is 0. The van der Waals surface area contributed by atoms with Crippen molar-refractivity contribution in [2.45, 2.75) is 70.5 Å². The van der Waals surface area contributed by atoms with Crippen molar-refractivity contribution >= 4 is 23.3 Å². The van der Waals surface area contributed by atoms with Crippen LogP contribution in [0.2, 0.25) is 0 Å². The number of allylic oxidation sites excluding steroid dienone is 1. The van der Waals surface area contributed by atoms with Crippen LogP contribution in [0.4, 0.5) is 0 Å². The van der Waals surface area contributed by atoms with E-state index in [9.17, 15) is 14.4 Å². The number of carbonyl (C=O) groups excluding carboxylic acids is 3. The molecule has 2 N–H and O–H groups in total. The molecule has 0 spiro atoms. The van der Waals surface area contributed by atoms with E-state index >= 15 is 0 Å². The first-order valence-corrected chi connectivity index (χ1v) is 14.8. The molecule has 41 heavy (non-hydrogen) atoms. The van der Waals surface area contributed by atoms with Crippen LogP contribution in [0.15, 0.2) is 61.2 Å². The molecule has 2 unspecified atom stereocenters. The van der Waals surface area contributed by atoms with Gasteiger partial charge in [0.25, 0.3) is 0 Å². The van der Waals surface area contributed by atoms with E-state index in [4.69, 9.17) is 9.47 Å². The largest absolute Gasteiger partial charge is 0.454 e. The first-order chi connectivity index (χ1) is 19.6. The van der Waals surface area contributed by atoms with Gasteiger partial charge in [-0.15, -0.1) is 0 Å². The number of benzene rings is 2. The Labute approximate surface area is 244 Å². The van der Waals surface area contributed by atoms with Crippen molar-refractivity contribution in [1.82, 2.24) is 10.6 Å². The van der Waals surface area contributed by atoms with Gasteiger partial charge in [0.1, 0.15) is 17.0 Å². The van der Waals surface area contributed by atoms with Crippen LogP contribution in [-0.2, 0) is 35.1 Å². The molecule has 2 aliphatic heterocycles. The van der Waals surface area contributed by atoms with Gasteiger partial charge in [0.15, 0.2) is 0 Å². The molecule has 2 fully saturated rings. The maximum absolute atomic E-state index is 13.4. The lowest BCUT2D eigenvalue weighted by Gasteiger charge is -2.38. The standard InChI is InChI=1S/C34H44N2O5/c1-24(21-25(2)31(38)40-33(13-17-35-18-14-33)29-10-6-5-7-11-29)28-9-8-12-30(23-28)34(15-19-36-20-16-34)41-32(39)26(3)22-27(4)37/h5-12,23,25-26,35-36H,1,13-22H2,2-4H3. The molecule has 220 valence electrons. The second kappa shape index (κ2) is 13.6. The number of ether oxygens (including phenoxy) is 2. The van der Waals surface area contributed by atoms with Crippen molar-refractivity contribution in [2.24, 2.45) is 11.8 Å². The maximum atomic E-state index is 13.4. The highest BCUT2D eigenvalue weighted by atomic mass is 16.6. The lowest BCUT2D eigenvalue weighted by atomic mass is 9.82. The predicted molar refractivity (Wildman–Crippen MR) is 160 cm³/mol. The van der Waals surface area contributed by atoms with Crippen molar-refractivity contribution in [1.29, 1.82) is 0 Å². The normalized spacial score (nSPS) is 19.4. The molecule has 2 aromatic rings. The summed E-state index contributed by atoms with van der Waals surface area (Å²) in [6, 6.07) is 18.0. The van der Waals surface area contributed by atoms with E-state index in [1.807, 2.05) is 61.5 Å². The SMILES string of the molecule is C=C(CC(C)C(=O)OC1(c2ccccc2)CCNCC1)c1cccc(C2(OC(=O)C(C)CC(C)=O)CCNCC2)c1. The van der Waals surface area contributed by atoms with Gasteiger partial charge in [0, 0.05) is 32.1 Å². The van der Waals surface area contributed by atoms with Crippen LogP contribution < -0.4 is 10.6 Å². The van der Waals surface area contributed by atoms with E-state index in [0.717, 1.165) is 61.3 Å². The van der Waals surface area contributed by atoms with Crippen LogP contribution in [0.5, 0.6) is 0 Å². The molecular weight excluding hydrogens is 516 g/mol. The molecule has 0 bridgehead atoms. The summed E-state index contributed by atoms with van der Waals surface area (Å²) < 4.78 is 12.5. The minimum Gasteiger partial charge on any atom is -0.454 e. The average molecular weight is 561 g/mol. The first-order valence-electron chi connectivity index (χ1n) is 14.8. The molecule has 2 aliphatic rings. The Kier molecular flexibility index (Phi) is 10.2. The lowest BCUT2D eigenvalue weighted by molar-refractivity contribution is -0.170. The molecule has 0 aromatic heterocycles. The van der Waals surface area contributed by atoms with Crippen LogP contribution in [0.1, 0.15) is 76.0 Å². The Morgan fingerprint density at radius 1 is 0.756 bits per heavy atom. The smallest absolute Gasteiger partial charge is 0.309 e. The molecule has 7 nitrogen and oxygen atoms in total. The third-order valence-corrected chi connectivity index (χ3v) is 8.46. The highest BCUT2D eigenvalue weighted by Crippen LogP contribution is 2.39. The van der Waals surface area contributed by atoms with Gasteiger partial charge in [-0.2, -0.15) is 0 Å². The zero-order valence-electron chi connectivity index (χ0n) is 24.7. The highest BCUT2D eigenvalue weighted by molar-refractivity contribution is 5.83. The van der Waals surface area contributed by atoms with E-state index in [1.165, 1.54) is 6.92 Å². The highest BCUT2D eigenvalue weighted by Gasteiger charge is 2.40. The zero-order valence-corrected chi connectivity index (χ0v) is 24.7. The molecule has 2 aromatic carbocycles. The molecule has 0 radical (unpaired) electrons. The fourth-order valence-electron chi connectivity index (χ4n) is 6.00. The molecule has 2 saturated heterocycles. The third-order valence-electron chi connectivity index (χ3n) is 8.46. The van der Waals surface area contributed by atoms with E-state index in [1.54, 1.807) is 6.92 Å². The molecule has 4 rings (SSSR count). The summed E-state index contributed by atoms with van der Waals surface area (Å²) in [5.41, 5.74) is 2.29. The maximum Gasteiger partial charge on any atom is 0.309 e. The molecule has 0 amide bonds. The molecule has 7 heteroatoms. The quantitative estimate of drug-likeness (QED) is 0.361. The second-order valence-corrected chi connectivity index (χ2v) is 11.8. The number of hydrogen-bond donors (Lipinski definition) is 2. The number of carbonyl (C=O) groups is 3. The molecular formula is C34H44N2O5. The minimum atomic E-state index is -0.773. The van der Waals surface area contributed by atoms with Crippen molar-refractivity contribution in [3.05, 3.63) is 77.9 Å². The van der Waals surface area contributed by atoms with Crippen molar-refractivity contribution in [3.63, 3.8) is 0 Å². The van der Waals surface area contributed by atoms with Crippen molar-refractivity contribution in [2.75, 3.05) is 26.2 Å². The number of piperidine rings is 2. The number of esters is 2. The predicted octanol–water partition coefficient (Wildman–Crippen LogP) is 5.29. The van der Waals surface area contributed by atoms with E-state index in [0.29, 0.717) is 19.3 Å². The number of nitrogens with one attached hydrogen (secondary N) is 2. The fourth-order valence-corrected chi connectivity index (χ4v) is 6.00. The number of Topliss-reactive ketones (excluding diaryl/α,β-unsaturated/α-hetero) is 1. The second-order valence-electron chi connectivity index (χ2n) is 11.8. The van der Waals surface area contributed by atoms with Gasteiger partial charge in [-0.1, -0.05) is 69.0 Å². The zero-order chi connectivity index (χ0) is 29.5. The van der Waals surface area contributed by atoms with Gasteiger partial charge in [-0.05, 0) is 67.9 Å². The van der Waals surface area contributed by atoms with Crippen LogP contribution >= 0.6 is 0 Å². The Bertz CT molecular complexity index is 1230. The summed E-state index contributed by atoms with van der Waals surface area (Å²) in [5, 5.41) is 6.72. The Morgan fingerprint density at radius 3 is 1.78 bits per heavy atom. The number of rotatable bonds is 11. The van der Waals surface area contributed by atoms with Crippen molar-refractivity contribution < 1.29 is 23.9 Å². The Morgan fingerprint density at radius 2 is 1.24 bits per heavy atom. The first kappa shape index (κ1) is 30.7. The van der Waals surface area contributed by atoms with E-state index < -0.39 is 17.1 Å². The number of hydrogen-bond acceptors (Lipinski definition) is 7. The summed E-state index contributed by atoms with van der Waals surface area (Å²) in [6.07, 6.45) is 3.37. The van der Waals surface area contributed by atoms with Gasteiger partial charge in [0.2, 0.25) is 0 Å². The van der Waals surface area contributed by atoms with Gasteiger partial charge < -0.3 is 24.9 Å². The summed E-state index contributed by atoms with van der Waals surface area (Å²) in [6.45, 7) is 12.5. The third kappa shape index (κ3) is 7.52. The van der Waals surface area contributed by atoms with Crippen LogP contribution in [-0.4, -0.2) is 43.9 Å². The van der Waals surface area contributed by atoms with E-state index in [-0.39, 0.29) is 30.1 Å². The van der Waals surface area contributed by atoms with Crippen molar-refractivity contribution in [3.8, 4) is 0 Å². The average Bonchev–Trinajstić information content (AvgIpc) is 2.98. The molecule has 0 aliphatic carbocycles. The summed E-state index contributed by atoms with van der Waals surface area (Å²) in [7, 11) is 0. The minimum absolute atomic E-state index is 0.0328.